The van der Waals surface area contributed by atoms with Gasteiger partial charge in [0.05, 0.1) is 6.20 Å². The first-order valence-corrected chi connectivity index (χ1v) is 6.36. The summed E-state index contributed by atoms with van der Waals surface area (Å²) in [6.07, 6.45) is 3.63. The molecule has 2 aromatic rings. The molecule has 0 radical (unpaired) electrons. The predicted octanol–water partition coefficient (Wildman–Crippen LogP) is 1.76. The molecule has 0 saturated carbocycles. The summed E-state index contributed by atoms with van der Waals surface area (Å²) in [5.74, 6) is -0.0912. The van der Waals surface area contributed by atoms with Gasteiger partial charge in [-0.2, -0.15) is 5.10 Å². The number of nitrogens with one attached hydrogen (secondary N) is 1. The van der Waals surface area contributed by atoms with Crippen LogP contribution in [0.5, 0.6) is 0 Å². The van der Waals surface area contributed by atoms with Crippen molar-refractivity contribution in [1.82, 2.24) is 19.7 Å². The maximum atomic E-state index is 12.0. The van der Waals surface area contributed by atoms with Crippen LogP contribution in [0.1, 0.15) is 21.7 Å². The lowest BCUT2D eigenvalue weighted by molar-refractivity contribution is 0.0943. The van der Waals surface area contributed by atoms with Crippen LogP contribution in [-0.4, -0.2) is 20.3 Å². The third-order valence-corrected chi connectivity index (χ3v) is 3.41. The molecule has 2 heterocycles. The van der Waals surface area contributed by atoms with Gasteiger partial charge < -0.3 is 9.88 Å². The third kappa shape index (κ3) is 2.48. The zero-order valence-corrected chi connectivity index (χ0v) is 12.2. The average molecular weight is 311 g/mol. The Bertz CT molecular complexity index is 585. The molecule has 0 fully saturated rings. The van der Waals surface area contributed by atoms with Crippen molar-refractivity contribution in [2.24, 2.45) is 14.1 Å². The van der Waals surface area contributed by atoms with Crippen molar-refractivity contribution in [1.29, 1.82) is 0 Å². The van der Waals surface area contributed by atoms with E-state index in [2.05, 4.69) is 26.3 Å². The highest BCUT2D eigenvalue weighted by molar-refractivity contribution is 9.10. The quantitative estimate of drug-likeness (QED) is 0.939. The lowest BCUT2D eigenvalue weighted by atomic mass is 10.2. The average Bonchev–Trinajstić information content (AvgIpc) is 2.81. The minimum Gasteiger partial charge on any atom is -0.347 e. The lowest BCUT2D eigenvalue weighted by Crippen LogP contribution is -2.24. The minimum atomic E-state index is -0.0912. The van der Waals surface area contributed by atoms with Gasteiger partial charge in [0.25, 0.3) is 5.91 Å². The van der Waals surface area contributed by atoms with Crippen LogP contribution in [0.3, 0.4) is 0 Å². The molecule has 5 nitrogen and oxygen atoms in total. The van der Waals surface area contributed by atoms with E-state index in [0.717, 1.165) is 15.7 Å². The number of aromatic nitrogens is 3. The maximum Gasteiger partial charge on any atom is 0.268 e. The first-order valence-electron chi connectivity index (χ1n) is 5.56. The number of halogens is 1. The first kappa shape index (κ1) is 12.9. The normalized spacial score (nSPS) is 10.7. The molecule has 0 aliphatic heterocycles. The molecular weight excluding hydrogens is 296 g/mol. The number of aryl methyl sites for hydroxylation is 2. The molecule has 1 amide bonds. The third-order valence-electron chi connectivity index (χ3n) is 2.98. The largest absolute Gasteiger partial charge is 0.347 e. The highest BCUT2D eigenvalue weighted by Crippen LogP contribution is 2.13. The van der Waals surface area contributed by atoms with Gasteiger partial charge in [-0.1, -0.05) is 0 Å². The molecule has 0 spiro atoms. The summed E-state index contributed by atoms with van der Waals surface area (Å²) in [6, 6.07) is 1.80. The monoisotopic (exact) mass is 310 g/mol. The van der Waals surface area contributed by atoms with Crippen LogP contribution in [0.25, 0.3) is 0 Å². The van der Waals surface area contributed by atoms with Gasteiger partial charge >= 0.3 is 0 Å². The second kappa shape index (κ2) is 4.97. The topological polar surface area (TPSA) is 51.9 Å². The van der Waals surface area contributed by atoms with Crippen molar-refractivity contribution in [3.8, 4) is 0 Å². The van der Waals surface area contributed by atoms with Crippen molar-refractivity contribution in [2.75, 3.05) is 0 Å². The van der Waals surface area contributed by atoms with Crippen LogP contribution >= 0.6 is 15.9 Å². The van der Waals surface area contributed by atoms with E-state index >= 15 is 0 Å². The molecule has 18 heavy (non-hydrogen) atoms. The van der Waals surface area contributed by atoms with Crippen molar-refractivity contribution in [2.45, 2.75) is 13.5 Å². The molecular formula is C12H15BrN4O. The summed E-state index contributed by atoms with van der Waals surface area (Å²) < 4.78 is 4.48. The molecule has 2 rings (SSSR count). The molecule has 0 aliphatic rings. The number of carbonyl (C=O) groups excluding carboxylic acids is 1. The molecule has 2 aromatic heterocycles. The molecule has 0 unspecified atom stereocenters. The highest BCUT2D eigenvalue weighted by atomic mass is 79.9. The van der Waals surface area contributed by atoms with Gasteiger partial charge in [0.1, 0.15) is 5.69 Å². The molecule has 96 valence electrons. The van der Waals surface area contributed by atoms with Gasteiger partial charge in [-0.15, -0.1) is 0 Å². The fourth-order valence-electron chi connectivity index (χ4n) is 1.73. The zero-order chi connectivity index (χ0) is 13.3. The van der Waals surface area contributed by atoms with Gasteiger partial charge in [0, 0.05) is 42.6 Å². The van der Waals surface area contributed by atoms with E-state index in [1.807, 2.05) is 27.2 Å². The Kier molecular flexibility index (Phi) is 3.56. The Balaban J connectivity index is 2.05. The van der Waals surface area contributed by atoms with Crippen LogP contribution in [-0.2, 0) is 20.6 Å². The van der Waals surface area contributed by atoms with Crippen LogP contribution < -0.4 is 5.32 Å². The second-order valence-corrected chi connectivity index (χ2v) is 5.13. The number of nitrogens with zero attached hydrogens (tertiary/aromatic N) is 3. The number of carbonyl (C=O) groups is 1. The van der Waals surface area contributed by atoms with Crippen LogP contribution in [0.2, 0.25) is 0 Å². The van der Waals surface area contributed by atoms with Crippen molar-refractivity contribution < 1.29 is 4.79 Å². The standard InChI is InChI=1S/C12H15BrN4O/c1-8-9(6-15-17(8)3)5-14-12(18)11-4-10(13)7-16(11)2/h4,6-7H,5H2,1-3H3,(H,14,18). The molecule has 0 atom stereocenters. The zero-order valence-electron chi connectivity index (χ0n) is 10.6. The summed E-state index contributed by atoms with van der Waals surface area (Å²) in [4.78, 5) is 12.0. The number of hydrogen-bond donors (Lipinski definition) is 1. The van der Waals surface area contributed by atoms with Crippen LogP contribution in [0, 0.1) is 6.92 Å². The maximum absolute atomic E-state index is 12.0. The summed E-state index contributed by atoms with van der Waals surface area (Å²) in [7, 11) is 3.73. The van der Waals surface area contributed by atoms with Crippen LogP contribution in [0.4, 0.5) is 0 Å². The molecule has 0 aliphatic carbocycles. The Morgan fingerprint density at radius 1 is 1.50 bits per heavy atom. The van der Waals surface area contributed by atoms with Gasteiger partial charge in [-0.3, -0.25) is 9.48 Å². The summed E-state index contributed by atoms with van der Waals surface area (Å²) in [5.41, 5.74) is 2.71. The predicted molar refractivity (Wildman–Crippen MR) is 72.2 cm³/mol. The molecule has 0 saturated heterocycles. The van der Waals surface area contributed by atoms with Gasteiger partial charge in [-0.05, 0) is 28.9 Å². The number of rotatable bonds is 3. The van der Waals surface area contributed by atoms with Gasteiger partial charge in [0.15, 0.2) is 0 Å². The smallest absolute Gasteiger partial charge is 0.268 e. The Morgan fingerprint density at radius 3 is 2.72 bits per heavy atom. The van der Waals surface area contributed by atoms with E-state index in [-0.39, 0.29) is 5.91 Å². The van der Waals surface area contributed by atoms with Gasteiger partial charge in [0.2, 0.25) is 0 Å². The molecule has 6 heteroatoms. The molecule has 1 N–H and O–H groups in total. The van der Waals surface area contributed by atoms with E-state index in [4.69, 9.17) is 0 Å². The van der Waals surface area contributed by atoms with E-state index < -0.39 is 0 Å². The van der Waals surface area contributed by atoms with E-state index in [9.17, 15) is 4.79 Å². The van der Waals surface area contributed by atoms with Crippen molar-refractivity contribution in [3.63, 3.8) is 0 Å². The first-order chi connectivity index (χ1) is 8.49. The van der Waals surface area contributed by atoms with E-state index in [1.54, 1.807) is 21.5 Å². The Labute approximate surface area is 114 Å². The summed E-state index contributed by atoms with van der Waals surface area (Å²) in [6.45, 7) is 2.47. The SMILES string of the molecule is Cc1c(CNC(=O)c2cc(Br)cn2C)cnn1C. The number of amides is 1. The second-order valence-electron chi connectivity index (χ2n) is 4.22. The van der Waals surface area contributed by atoms with Crippen molar-refractivity contribution >= 4 is 21.8 Å². The molecule has 0 aromatic carbocycles. The minimum absolute atomic E-state index is 0.0912. The van der Waals surface area contributed by atoms with Gasteiger partial charge in [-0.25, -0.2) is 0 Å². The summed E-state index contributed by atoms with van der Waals surface area (Å²) in [5, 5.41) is 7.03. The fraction of sp³-hybridized carbons (Fsp3) is 0.333. The van der Waals surface area contributed by atoms with E-state index in [1.165, 1.54) is 0 Å². The Hall–Kier alpha value is -1.56. The number of hydrogen-bond acceptors (Lipinski definition) is 2. The van der Waals surface area contributed by atoms with Crippen molar-refractivity contribution in [3.05, 3.63) is 39.9 Å². The fourth-order valence-corrected chi connectivity index (χ4v) is 2.26. The molecule has 0 bridgehead atoms. The van der Waals surface area contributed by atoms with Crippen LogP contribution in [0.15, 0.2) is 22.9 Å². The lowest BCUT2D eigenvalue weighted by Gasteiger charge is -2.05. The highest BCUT2D eigenvalue weighted by Gasteiger charge is 2.11. The summed E-state index contributed by atoms with van der Waals surface area (Å²) >= 11 is 3.35. The van der Waals surface area contributed by atoms with E-state index in [0.29, 0.717) is 12.2 Å². The Morgan fingerprint density at radius 2 is 2.22 bits per heavy atom.